The summed E-state index contributed by atoms with van der Waals surface area (Å²) < 4.78 is 6.70. The molecule has 1 unspecified atom stereocenters. The van der Waals surface area contributed by atoms with Gasteiger partial charge in [-0.05, 0) is 23.8 Å². The van der Waals surface area contributed by atoms with Crippen molar-refractivity contribution in [3.05, 3.63) is 78.1 Å². The van der Waals surface area contributed by atoms with Crippen molar-refractivity contribution < 1.29 is 14.3 Å². The largest absolute Gasteiger partial charge is 0.452 e. The molecule has 3 heterocycles. The van der Waals surface area contributed by atoms with Gasteiger partial charge in [-0.2, -0.15) is 0 Å². The van der Waals surface area contributed by atoms with Gasteiger partial charge in [-0.1, -0.05) is 43.0 Å². The van der Waals surface area contributed by atoms with Crippen LogP contribution >= 0.6 is 0 Å². The van der Waals surface area contributed by atoms with Gasteiger partial charge in [0.05, 0.1) is 18.3 Å². The number of allylic oxidation sites excluding steroid dienone is 1. The summed E-state index contributed by atoms with van der Waals surface area (Å²) in [5.74, 6) is -0.0717. The Morgan fingerprint density at radius 3 is 2.69 bits per heavy atom. The van der Waals surface area contributed by atoms with Crippen molar-refractivity contribution in [3.63, 3.8) is 0 Å². The third-order valence-corrected chi connectivity index (χ3v) is 5.53. The summed E-state index contributed by atoms with van der Waals surface area (Å²) in [5, 5.41) is 1.03. The Bertz CT molecular complexity index is 1130. The fourth-order valence-corrected chi connectivity index (χ4v) is 4.38. The summed E-state index contributed by atoms with van der Waals surface area (Å²) in [4.78, 5) is 27.4. The van der Waals surface area contributed by atoms with E-state index in [0.29, 0.717) is 17.8 Å². The summed E-state index contributed by atoms with van der Waals surface area (Å²) in [7, 11) is 1.33. The van der Waals surface area contributed by atoms with Gasteiger partial charge >= 0.3 is 6.09 Å². The van der Waals surface area contributed by atoms with Crippen LogP contribution in [-0.2, 0) is 16.6 Å². The van der Waals surface area contributed by atoms with E-state index >= 15 is 0 Å². The predicted octanol–water partition coefficient (Wildman–Crippen LogP) is 3.88. The monoisotopic (exact) mass is 344 g/mol. The molecule has 0 N–H and O–H groups in total. The topological polar surface area (TPSA) is 51.5 Å². The van der Waals surface area contributed by atoms with E-state index in [0.717, 1.165) is 22.2 Å². The molecule has 1 amide bonds. The second-order valence-electron chi connectivity index (χ2n) is 6.69. The Morgan fingerprint density at radius 2 is 1.88 bits per heavy atom. The zero-order valence-electron chi connectivity index (χ0n) is 14.2. The molecule has 5 nitrogen and oxygen atoms in total. The molecule has 2 aromatic carbocycles. The van der Waals surface area contributed by atoms with Crippen LogP contribution in [0.4, 0.5) is 10.5 Å². The van der Waals surface area contributed by atoms with Gasteiger partial charge in [-0.15, -0.1) is 0 Å². The van der Waals surface area contributed by atoms with Crippen LogP contribution in [0.15, 0.2) is 66.9 Å². The molecule has 3 aromatic rings. The molecule has 128 valence electrons. The number of ether oxygens (including phenoxy) is 1. The van der Waals surface area contributed by atoms with Crippen molar-refractivity contribution >= 4 is 28.6 Å². The lowest BCUT2D eigenvalue weighted by Crippen LogP contribution is -2.39. The van der Waals surface area contributed by atoms with E-state index in [1.807, 2.05) is 54.6 Å². The van der Waals surface area contributed by atoms with E-state index in [4.69, 9.17) is 4.74 Å². The minimum absolute atomic E-state index is 0.0717. The minimum Gasteiger partial charge on any atom is -0.452 e. The van der Waals surface area contributed by atoms with Crippen LogP contribution < -0.4 is 4.90 Å². The molecule has 2 aliphatic heterocycles. The number of nitrogens with zero attached hydrogens (tertiary/aromatic N) is 2. The van der Waals surface area contributed by atoms with Crippen LogP contribution in [0.25, 0.3) is 10.9 Å². The zero-order chi connectivity index (χ0) is 18.1. The molecular formula is C21H16N2O3. The third kappa shape index (κ3) is 1.56. The molecule has 5 rings (SSSR count). The van der Waals surface area contributed by atoms with Crippen LogP contribution in [0.3, 0.4) is 0 Å². The molecular weight excluding hydrogens is 328 g/mol. The van der Waals surface area contributed by atoms with Crippen molar-refractivity contribution in [2.24, 2.45) is 0 Å². The molecule has 0 aliphatic carbocycles. The first kappa shape index (κ1) is 15.0. The molecule has 2 aliphatic rings. The molecule has 1 atom stereocenters. The number of anilines is 1. The summed E-state index contributed by atoms with van der Waals surface area (Å²) in [6.45, 7) is 4.14. The van der Waals surface area contributed by atoms with Crippen molar-refractivity contribution in [2.45, 2.75) is 11.8 Å². The number of carbonyl (C=O) groups is 2. The fourth-order valence-electron chi connectivity index (χ4n) is 4.38. The molecule has 1 aromatic heterocycles. The number of methoxy groups -OCH3 is 1. The predicted molar refractivity (Wildman–Crippen MR) is 98.4 cm³/mol. The summed E-state index contributed by atoms with van der Waals surface area (Å²) in [6, 6.07) is 17.3. The quantitative estimate of drug-likeness (QED) is 0.622. The van der Waals surface area contributed by atoms with E-state index in [2.05, 4.69) is 6.58 Å². The lowest BCUT2D eigenvalue weighted by molar-refractivity contribution is 0.0862. The van der Waals surface area contributed by atoms with Crippen molar-refractivity contribution in [1.82, 2.24) is 4.57 Å². The first-order chi connectivity index (χ1) is 12.6. The van der Waals surface area contributed by atoms with Crippen LogP contribution in [-0.4, -0.2) is 23.7 Å². The highest BCUT2D eigenvalue weighted by atomic mass is 16.5. The number of hydrogen-bond donors (Lipinski definition) is 0. The number of para-hydroxylation sites is 2. The Hall–Kier alpha value is -3.34. The van der Waals surface area contributed by atoms with Crippen molar-refractivity contribution in [1.29, 1.82) is 0 Å². The highest BCUT2D eigenvalue weighted by Gasteiger charge is 2.58. The third-order valence-electron chi connectivity index (χ3n) is 5.53. The van der Waals surface area contributed by atoms with Crippen LogP contribution in [0.1, 0.15) is 16.1 Å². The SMILES string of the molecule is C=C1N(C(=O)OC)c2ccccc2C12Cc1cc3ccccc3n1C2=O. The standard InChI is InChI=1S/C21H16N2O3/c1-13-21(16-8-4-6-10-18(16)22(13)20(25)26-2)12-15-11-14-7-3-5-9-17(14)23(15)19(21)24/h3-11H,1,12H2,2H3. The number of carbonyl (C=O) groups excluding carboxylic acids is 2. The fraction of sp³-hybridized carbons (Fsp3) is 0.143. The Labute approximate surface area is 150 Å². The van der Waals surface area contributed by atoms with Crippen LogP contribution in [0.5, 0.6) is 0 Å². The molecule has 1 spiro atoms. The number of amides is 1. The normalized spacial score (nSPS) is 20.7. The number of benzene rings is 2. The lowest BCUT2D eigenvalue weighted by atomic mass is 9.77. The number of hydrogen-bond acceptors (Lipinski definition) is 3. The first-order valence-electron chi connectivity index (χ1n) is 8.40. The Morgan fingerprint density at radius 1 is 1.15 bits per heavy atom. The summed E-state index contributed by atoms with van der Waals surface area (Å²) in [5.41, 5.74) is 2.75. The van der Waals surface area contributed by atoms with Crippen molar-refractivity contribution in [2.75, 3.05) is 12.0 Å². The zero-order valence-corrected chi connectivity index (χ0v) is 14.2. The number of aromatic nitrogens is 1. The molecule has 0 bridgehead atoms. The van der Waals surface area contributed by atoms with E-state index in [1.165, 1.54) is 12.0 Å². The number of rotatable bonds is 0. The Balaban J connectivity index is 1.76. The summed E-state index contributed by atoms with van der Waals surface area (Å²) >= 11 is 0. The molecule has 0 fully saturated rings. The molecule has 0 saturated heterocycles. The second kappa shape index (κ2) is 4.85. The molecule has 0 saturated carbocycles. The van der Waals surface area contributed by atoms with Gasteiger partial charge in [0.1, 0.15) is 5.41 Å². The number of fused-ring (bicyclic) bond motifs is 5. The van der Waals surface area contributed by atoms with E-state index in [9.17, 15) is 9.59 Å². The van der Waals surface area contributed by atoms with E-state index < -0.39 is 11.5 Å². The van der Waals surface area contributed by atoms with Gasteiger partial charge in [-0.25, -0.2) is 9.69 Å². The van der Waals surface area contributed by atoms with Gasteiger partial charge in [0.2, 0.25) is 5.91 Å². The van der Waals surface area contributed by atoms with Gasteiger partial charge in [-0.3, -0.25) is 9.36 Å². The average Bonchev–Trinajstić information content (AvgIpc) is 3.24. The van der Waals surface area contributed by atoms with Gasteiger partial charge in [0.25, 0.3) is 0 Å². The minimum atomic E-state index is -0.968. The first-order valence-corrected chi connectivity index (χ1v) is 8.40. The van der Waals surface area contributed by atoms with Crippen LogP contribution in [0, 0.1) is 0 Å². The van der Waals surface area contributed by atoms with E-state index in [1.54, 1.807) is 4.57 Å². The smallest absolute Gasteiger partial charge is 0.418 e. The maximum atomic E-state index is 13.6. The molecule has 26 heavy (non-hydrogen) atoms. The maximum Gasteiger partial charge on any atom is 0.418 e. The lowest BCUT2D eigenvalue weighted by Gasteiger charge is -2.25. The van der Waals surface area contributed by atoms with E-state index in [-0.39, 0.29) is 5.91 Å². The van der Waals surface area contributed by atoms with Crippen LogP contribution in [0.2, 0.25) is 0 Å². The summed E-state index contributed by atoms with van der Waals surface area (Å²) in [6.07, 6.45) is -0.0577. The van der Waals surface area contributed by atoms with Gasteiger partial charge < -0.3 is 4.74 Å². The van der Waals surface area contributed by atoms with Gasteiger partial charge in [0.15, 0.2) is 0 Å². The Kier molecular flexibility index (Phi) is 2.79. The molecule has 0 radical (unpaired) electrons. The van der Waals surface area contributed by atoms with Crippen molar-refractivity contribution in [3.8, 4) is 0 Å². The second-order valence-corrected chi connectivity index (χ2v) is 6.69. The maximum absolute atomic E-state index is 13.6. The van der Waals surface area contributed by atoms with Gasteiger partial charge in [0, 0.05) is 23.2 Å². The highest BCUT2D eigenvalue weighted by molar-refractivity contribution is 6.10. The molecule has 5 heteroatoms. The average molecular weight is 344 g/mol. The highest BCUT2D eigenvalue weighted by Crippen LogP contribution is 2.53.